The molecule has 0 N–H and O–H groups in total. The number of rotatable bonds is 0. The van der Waals surface area contributed by atoms with Crippen LogP contribution < -0.4 is 0 Å². The molecule has 2 fully saturated rings. The van der Waals surface area contributed by atoms with E-state index in [1.54, 1.807) is 0 Å². The van der Waals surface area contributed by atoms with E-state index in [1.165, 1.54) is 31.3 Å². The average molecular weight is 284 g/mol. The molecule has 0 radical (unpaired) electrons. The van der Waals surface area contributed by atoms with Gasteiger partial charge < -0.3 is 0 Å². The average Bonchev–Trinajstić information content (AvgIpc) is 2.76. The van der Waals surface area contributed by atoms with Crippen molar-refractivity contribution < 1.29 is 4.79 Å². The second-order valence-electron chi connectivity index (χ2n) is 8.66. The minimum atomic E-state index is 0.264. The molecule has 4 aliphatic rings. The summed E-state index contributed by atoms with van der Waals surface area (Å²) in [7, 11) is 0. The second kappa shape index (κ2) is 4.33. The van der Waals surface area contributed by atoms with Gasteiger partial charge in [-0.25, -0.2) is 0 Å². The lowest BCUT2D eigenvalue weighted by molar-refractivity contribution is -0.116. The Kier molecular flexibility index (Phi) is 2.85. The van der Waals surface area contributed by atoms with Crippen LogP contribution in [0.2, 0.25) is 0 Å². The normalized spacial score (nSPS) is 52.0. The van der Waals surface area contributed by atoms with Crippen LogP contribution in [0.1, 0.15) is 59.3 Å². The first-order chi connectivity index (χ1) is 9.95. The van der Waals surface area contributed by atoms with Crippen molar-refractivity contribution in [2.24, 2.45) is 34.5 Å². The summed E-state index contributed by atoms with van der Waals surface area (Å²) in [6.45, 7) is 7.46. The topological polar surface area (TPSA) is 17.1 Å². The summed E-state index contributed by atoms with van der Waals surface area (Å²) in [6, 6.07) is 0. The summed E-state index contributed by atoms with van der Waals surface area (Å²) in [6.07, 6.45) is 14.1. The van der Waals surface area contributed by atoms with Gasteiger partial charge in [-0.2, -0.15) is 0 Å². The van der Waals surface area contributed by atoms with Crippen LogP contribution in [0.5, 0.6) is 0 Å². The van der Waals surface area contributed by atoms with Crippen LogP contribution in [-0.2, 0) is 4.79 Å². The molecule has 0 amide bonds. The summed E-state index contributed by atoms with van der Waals surface area (Å²) < 4.78 is 0. The molecule has 0 bridgehead atoms. The van der Waals surface area contributed by atoms with E-state index >= 15 is 0 Å². The van der Waals surface area contributed by atoms with Crippen molar-refractivity contribution in [1.29, 1.82) is 0 Å². The predicted octanol–water partition coefficient (Wildman–Crippen LogP) is 4.93. The third kappa shape index (κ3) is 1.72. The fraction of sp³-hybridized carbons (Fsp3) is 0.750. The molecule has 4 aliphatic carbocycles. The molecule has 4 rings (SSSR count). The van der Waals surface area contributed by atoms with Crippen molar-refractivity contribution >= 4 is 5.78 Å². The first-order valence-electron chi connectivity index (χ1n) is 8.88. The molecule has 0 aromatic heterocycles. The molecule has 0 aliphatic heterocycles. The Labute approximate surface area is 128 Å². The fourth-order valence-corrected chi connectivity index (χ4v) is 6.26. The smallest absolute Gasteiger partial charge is 0.156 e. The van der Waals surface area contributed by atoms with E-state index in [0.717, 1.165) is 36.5 Å². The van der Waals surface area contributed by atoms with Crippen molar-refractivity contribution in [3.05, 3.63) is 23.8 Å². The van der Waals surface area contributed by atoms with Gasteiger partial charge in [0.25, 0.3) is 0 Å². The van der Waals surface area contributed by atoms with Crippen LogP contribution in [0.25, 0.3) is 0 Å². The van der Waals surface area contributed by atoms with E-state index in [9.17, 15) is 4.79 Å². The number of fused-ring (bicyclic) bond motifs is 5. The maximum Gasteiger partial charge on any atom is 0.156 e. The van der Waals surface area contributed by atoms with E-state index in [4.69, 9.17) is 0 Å². The molecule has 0 aromatic rings. The highest BCUT2D eigenvalue weighted by molar-refractivity contribution is 5.92. The molecule has 6 atom stereocenters. The van der Waals surface area contributed by atoms with Crippen LogP contribution in [0.4, 0.5) is 0 Å². The molecule has 3 unspecified atom stereocenters. The van der Waals surface area contributed by atoms with Crippen LogP contribution in [0.3, 0.4) is 0 Å². The Morgan fingerprint density at radius 3 is 2.71 bits per heavy atom. The van der Waals surface area contributed by atoms with E-state index in [0.29, 0.717) is 11.2 Å². The predicted molar refractivity (Wildman–Crippen MR) is 85.8 cm³/mol. The lowest BCUT2D eigenvalue weighted by Crippen LogP contribution is -2.48. The maximum atomic E-state index is 11.8. The van der Waals surface area contributed by atoms with E-state index in [-0.39, 0.29) is 5.41 Å². The van der Waals surface area contributed by atoms with Crippen LogP contribution >= 0.6 is 0 Å². The van der Waals surface area contributed by atoms with Gasteiger partial charge in [-0.15, -0.1) is 0 Å². The van der Waals surface area contributed by atoms with Crippen LogP contribution in [0.15, 0.2) is 23.8 Å². The molecule has 1 heteroatoms. The molecular formula is C20H28O. The standard InChI is InChI=1S/C20H28O/c1-13-4-7-17-16-6-5-14-12-15(21)8-10-20(14,3)18(16)9-11-19(13,17)2/h5-6,12-13,16-18H,4,7-11H2,1-3H3/t13-,16?,17?,18?,19+,20-/m0/s1. The minimum Gasteiger partial charge on any atom is -0.295 e. The highest BCUT2D eigenvalue weighted by Gasteiger charge is 2.56. The number of hydrogen-bond donors (Lipinski definition) is 0. The number of carbonyl (C=O) groups is 1. The third-order valence-electron chi connectivity index (χ3n) is 7.99. The zero-order valence-corrected chi connectivity index (χ0v) is 13.7. The van der Waals surface area contributed by atoms with Gasteiger partial charge in [0.1, 0.15) is 0 Å². The van der Waals surface area contributed by atoms with Crippen molar-refractivity contribution in [2.45, 2.75) is 59.3 Å². The molecule has 0 heterocycles. The summed E-state index contributed by atoms with van der Waals surface area (Å²) in [5, 5.41) is 0. The molecule has 1 nitrogen and oxygen atoms in total. The Bertz CT molecular complexity index is 542. The number of carbonyl (C=O) groups excluding carboxylic acids is 1. The minimum absolute atomic E-state index is 0.264. The number of ketones is 1. The van der Waals surface area contributed by atoms with Gasteiger partial charge >= 0.3 is 0 Å². The Balaban J connectivity index is 1.75. The van der Waals surface area contributed by atoms with E-state index < -0.39 is 0 Å². The molecule has 114 valence electrons. The van der Waals surface area contributed by atoms with Gasteiger partial charge in [-0.1, -0.05) is 32.9 Å². The third-order valence-corrected chi connectivity index (χ3v) is 7.99. The van der Waals surface area contributed by atoms with Crippen LogP contribution in [0, 0.1) is 34.5 Å². The van der Waals surface area contributed by atoms with Crippen molar-refractivity contribution in [3.63, 3.8) is 0 Å². The van der Waals surface area contributed by atoms with Gasteiger partial charge in [-0.05, 0) is 78.3 Å². The molecule has 21 heavy (non-hydrogen) atoms. The molecule has 2 saturated carbocycles. The van der Waals surface area contributed by atoms with Gasteiger partial charge in [0.2, 0.25) is 0 Å². The Morgan fingerprint density at radius 2 is 1.90 bits per heavy atom. The molecule has 0 aromatic carbocycles. The SMILES string of the molecule is C[C@H]1CCC2C3C=CC4=CC(=O)CC[C@]4(C)C3CC[C@@]21C. The lowest BCUT2D eigenvalue weighted by Gasteiger charge is -2.55. The molecule has 0 spiro atoms. The Morgan fingerprint density at radius 1 is 1.10 bits per heavy atom. The summed E-state index contributed by atoms with van der Waals surface area (Å²) in [4.78, 5) is 11.8. The zero-order valence-electron chi connectivity index (χ0n) is 13.7. The van der Waals surface area contributed by atoms with E-state index in [1.807, 2.05) is 6.08 Å². The monoisotopic (exact) mass is 284 g/mol. The largest absolute Gasteiger partial charge is 0.295 e. The van der Waals surface area contributed by atoms with Gasteiger partial charge in [-0.3, -0.25) is 4.79 Å². The Hall–Kier alpha value is -0.850. The number of allylic oxidation sites excluding steroid dienone is 4. The zero-order chi connectivity index (χ0) is 14.8. The molecular weight excluding hydrogens is 256 g/mol. The van der Waals surface area contributed by atoms with Crippen molar-refractivity contribution in [2.75, 3.05) is 0 Å². The van der Waals surface area contributed by atoms with Crippen LogP contribution in [-0.4, -0.2) is 5.78 Å². The van der Waals surface area contributed by atoms with Crippen molar-refractivity contribution in [3.8, 4) is 0 Å². The lowest BCUT2D eigenvalue weighted by atomic mass is 9.49. The highest BCUT2D eigenvalue weighted by Crippen LogP contribution is 2.64. The second-order valence-corrected chi connectivity index (χ2v) is 8.66. The van der Waals surface area contributed by atoms with Crippen molar-refractivity contribution in [1.82, 2.24) is 0 Å². The number of hydrogen-bond acceptors (Lipinski definition) is 1. The summed E-state index contributed by atoms with van der Waals surface area (Å²) in [5.74, 6) is 3.61. The first-order valence-corrected chi connectivity index (χ1v) is 8.88. The van der Waals surface area contributed by atoms with E-state index in [2.05, 4.69) is 32.9 Å². The highest BCUT2D eigenvalue weighted by atomic mass is 16.1. The van der Waals surface area contributed by atoms with Gasteiger partial charge in [0, 0.05) is 6.42 Å². The fourth-order valence-electron chi connectivity index (χ4n) is 6.26. The van der Waals surface area contributed by atoms with Gasteiger partial charge in [0.15, 0.2) is 5.78 Å². The summed E-state index contributed by atoms with van der Waals surface area (Å²) in [5.41, 5.74) is 2.16. The summed E-state index contributed by atoms with van der Waals surface area (Å²) >= 11 is 0. The van der Waals surface area contributed by atoms with Gasteiger partial charge in [0.05, 0.1) is 0 Å². The molecule has 0 saturated heterocycles. The quantitative estimate of drug-likeness (QED) is 0.616. The first kappa shape index (κ1) is 13.8. The maximum absolute atomic E-state index is 11.8.